The molecule has 1 fully saturated rings. The molecular weight excluding hydrogens is 311 g/mol. The Labute approximate surface area is 110 Å². The van der Waals surface area contributed by atoms with Crippen LogP contribution >= 0.6 is 15.9 Å². The summed E-state index contributed by atoms with van der Waals surface area (Å²) in [6, 6.07) is 3.99. The van der Waals surface area contributed by atoms with Crippen LogP contribution in [0.1, 0.15) is 24.0 Å². The highest BCUT2D eigenvalue weighted by Crippen LogP contribution is 2.34. The fourth-order valence-corrected chi connectivity index (χ4v) is 1.89. The van der Waals surface area contributed by atoms with Crippen molar-refractivity contribution in [1.29, 1.82) is 0 Å². The SMILES string of the molecule is NNC(=NC1CC1)c1ccc(Br)cc1C(F)(F)F. The second-order valence-electron chi connectivity index (χ2n) is 4.04. The Balaban J connectivity index is 2.48. The van der Waals surface area contributed by atoms with Crippen molar-refractivity contribution in [3.63, 3.8) is 0 Å². The summed E-state index contributed by atoms with van der Waals surface area (Å²) in [4.78, 5) is 4.15. The lowest BCUT2D eigenvalue weighted by Crippen LogP contribution is -2.33. The van der Waals surface area contributed by atoms with Crippen LogP contribution in [0.5, 0.6) is 0 Å². The van der Waals surface area contributed by atoms with Crippen LogP contribution in [0.3, 0.4) is 0 Å². The number of benzene rings is 1. The molecule has 1 aliphatic rings. The van der Waals surface area contributed by atoms with E-state index in [-0.39, 0.29) is 17.4 Å². The number of alkyl halides is 3. The smallest absolute Gasteiger partial charge is 0.308 e. The van der Waals surface area contributed by atoms with Gasteiger partial charge in [-0.3, -0.25) is 4.99 Å². The van der Waals surface area contributed by atoms with Crippen molar-refractivity contribution >= 4 is 21.8 Å². The van der Waals surface area contributed by atoms with E-state index < -0.39 is 11.7 Å². The first-order chi connectivity index (χ1) is 8.41. The van der Waals surface area contributed by atoms with Crippen molar-refractivity contribution in [2.24, 2.45) is 10.8 Å². The maximum absolute atomic E-state index is 12.9. The van der Waals surface area contributed by atoms with Crippen LogP contribution in [0.4, 0.5) is 13.2 Å². The Morgan fingerprint density at radius 3 is 2.56 bits per heavy atom. The van der Waals surface area contributed by atoms with Gasteiger partial charge in [0.15, 0.2) is 0 Å². The van der Waals surface area contributed by atoms with Gasteiger partial charge in [0.25, 0.3) is 0 Å². The summed E-state index contributed by atoms with van der Waals surface area (Å²) in [6.07, 6.45) is -2.66. The second-order valence-corrected chi connectivity index (χ2v) is 4.96. The van der Waals surface area contributed by atoms with Crippen LogP contribution in [0, 0.1) is 0 Å². The van der Waals surface area contributed by atoms with Crippen LogP contribution in [0.2, 0.25) is 0 Å². The van der Waals surface area contributed by atoms with E-state index in [1.807, 2.05) is 0 Å². The molecule has 0 unspecified atom stereocenters. The van der Waals surface area contributed by atoms with Crippen molar-refractivity contribution in [3.8, 4) is 0 Å². The summed E-state index contributed by atoms with van der Waals surface area (Å²) in [5.74, 6) is 5.35. The van der Waals surface area contributed by atoms with Gasteiger partial charge >= 0.3 is 6.18 Å². The lowest BCUT2D eigenvalue weighted by atomic mass is 10.1. The second kappa shape index (κ2) is 4.89. The molecule has 1 aliphatic carbocycles. The normalized spacial score (nSPS) is 16.8. The third-order valence-corrected chi connectivity index (χ3v) is 3.03. The molecule has 3 N–H and O–H groups in total. The molecule has 0 aromatic heterocycles. The summed E-state index contributed by atoms with van der Waals surface area (Å²) in [5.41, 5.74) is 1.47. The average Bonchev–Trinajstić information content (AvgIpc) is 3.09. The van der Waals surface area contributed by atoms with Crippen LogP contribution in [-0.4, -0.2) is 11.9 Å². The van der Waals surface area contributed by atoms with E-state index in [9.17, 15) is 13.2 Å². The Hall–Kier alpha value is -1.08. The van der Waals surface area contributed by atoms with E-state index in [1.165, 1.54) is 12.1 Å². The highest BCUT2D eigenvalue weighted by Gasteiger charge is 2.35. The summed E-state index contributed by atoms with van der Waals surface area (Å²) in [6.45, 7) is 0. The summed E-state index contributed by atoms with van der Waals surface area (Å²) in [5, 5.41) is 0. The minimum atomic E-state index is -4.44. The molecule has 0 bridgehead atoms. The third-order valence-electron chi connectivity index (χ3n) is 2.54. The van der Waals surface area contributed by atoms with E-state index in [2.05, 4.69) is 26.3 Å². The van der Waals surface area contributed by atoms with E-state index in [1.54, 1.807) is 0 Å². The first kappa shape index (κ1) is 13.4. The van der Waals surface area contributed by atoms with Crippen molar-refractivity contribution in [2.45, 2.75) is 25.1 Å². The lowest BCUT2D eigenvalue weighted by molar-refractivity contribution is -0.137. The largest absolute Gasteiger partial charge is 0.417 e. The van der Waals surface area contributed by atoms with Crippen LogP contribution in [0.15, 0.2) is 27.7 Å². The molecule has 2 rings (SSSR count). The van der Waals surface area contributed by atoms with E-state index in [4.69, 9.17) is 5.84 Å². The van der Waals surface area contributed by atoms with Gasteiger partial charge in [-0.25, -0.2) is 5.84 Å². The molecule has 0 atom stereocenters. The van der Waals surface area contributed by atoms with Crippen molar-refractivity contribution in [3.05, 3.63) is 33.8 Å². The van der Waals surface area contributed by atoms with Gasteiger partial charge in [-0.15, -0.1) is 0 Å². The van der Waals surface area contributed by atoms with Gasteiger partial charge in [-0.05, 0) is 31.0 Å². The van der Waals surface area contributed by atoms with Gasteiger partial charge in [-0.2, -0.15) is 13.2 Å². The van der Waals surface area contributed by atoms with Crippen LogP contribution < -0.4 is 11.3 Å². The Kier molecular flexibility index (Phi) is 3.63. The quantitative estimate of drug-likeness (QED) is 0.381. The number of nitrogens with zero attached hydrogens (tertiary/aromatic N) is 1. The molecule has 0 spiro atoms. The van der Waals surface area contributed by atoms with Crippen LogP contribution in [-0.2, 0) is 6.18 Å². The molecule has 1 saturated carbocycles. The molecule has 0 heterocycles. The molecule has 0 aliphatic heterocycles. The van der Waals surface area contributed by atoms with Gasteiger partial charge in [0, 0.05) is 10.0 Å². The molecule has 0 saturated heterocycles. The number of hydrogen-bond acceptors (Lipinski definition) is 2. The molecule has 0 amide bonds. The molecule has 7 heteroatoms. The fraction of sp³-hybridized carbons (Fsp3) is 0.364. The maximum Gasteiger partial charge on any atom is 0.417 e. The summed E-state index contributed by atoms with van der Waals surface area (Å²) >= 11 is 3.03. The van der Waals surface area contributed by atoms with Crippen LogP contribution in [0.25, 0.3) is 0 Å². The van der Waals surface area contributed by atoms with Gasteiger partial charge in [-0.1, -0.05) is 15.9 Å². The van der Waals surface area contributed by atoms with Gasteiger partial charge < -0.3 is 5.43 Å². The number of halogens is 4. The third kappa shape index (κ3) is 3.02. The predicted octanol–water partition coefficient (Wildman–Crippen LogP) is 2.84. The number of aliphatic imine (C=N–C) groups is 1. The number of hydrogen-bond donors (Lipinski definition) is 2. The topological polar surface area (TPSA) is 50.4 Å². The average molecular weight is 322 g/mol. The van der Waals surface area contributed by atoms with Crippen molar-refractivity contribution < 1.29 is 13.2 Å². The summed E-state index contributed by atoms with van der Waals surface area (Å²) < 4.78 is 39.2. The highest BCUT2D eigenvalue weighted by atomic mass is 79.9. The molecule has 1 aromatic rings. The first-order valence-electron chi connectivity index (χ1n) is 5.33. The molecule has 0 radical (unpaired) electrons. The zero-order valence-corrected chi connectivity index (χ0v) is 10.8. The highest BCUT2D eigenvalue weighted by molar-refractivity contribution is 9.10. The van der Waals surface area contributed by atoms with Crippen molar-refractivity contribution in [1.82, 2.24) is 5.43 Å². The summed E-state index contributed by atoms with van der Waals surface area (Å²) in [7, 11) is 0. The number of nitrogens with one attached hydrogen (secondary N) is 1. The number of nitrogens with two attached hydrogens (primary N) is 1. The Morgan fingerprint density at radius 2 is 2.06 bits per heavy atom. The minimum Gasteiger partial charge on any atom is -0.308 e. The zero-order valence-electron chi connectivity index (χ0n) is 9.26. The zero-order chi connectivity index (χ0) is 13.3. The first-order valence-corrected chi connectivity index (χ1v) is 6.12. The minimum absolute atomic E-state index is 0.0277. The van der Waals surface area contributed by atoms with E-state index >= 15 is 0 Å². The number of hydrazine groups is 1. The van der Waals surface area contributed by atoms with Crippen molar-refractivity contribution in [2.75, 3.05) is 0 Å². The fourth-order valence-electron chi connectivity index (χ4n) is 1.53. The van der Waals surface area contributed by atoms with Gasteiger partial charge in [0.05, 0.1) is 11.6 Å². The molecular formula is C11H11BrF3N3. The standard InChI is InChI=1S/C11H11BrF3N3/c12-6-1-4-8(9(5-6)11(13,14)15)10(18-16)17-7-2-3-7/h1,4-5,7H,2-3,16H2,(H,17,18). The predicted molar refractivity (Wildman–Crippen MR) is 66.0 cm³/mol. The Morgan fingerprint density at radius 1 is 1.39 bits per heavy atom. The van der Waals surface area contributed by atoms with E-state index in [0.29, 0.717) is 4.47 Å². The Bertz CT molecular complexity index is 481. The number of amidine groups is 1. The number of rotatable bonds is 2. The lowest BCUT2D eigenvalue weighted by Gasteiger charge is -2.14. The molecule has 1 aromatic carbocycles. The molecule has 18 heavy (non-hydrogen) atoms. The molecule has 3 nitrogen and oxygen atoms in total. The van der Waals surface area contributed by atoms with Gasteiger partial charge in [0.2, 0.25) is 0 Å². The molecule has 98 valence electrons. The van der Waals surface area contributed by atoms with Gasteiger partial charge in [0.1, 0.15) is 5.84 Å². The monoisotopic (exact) mass is 321 g/mol. The maximum atomic E-state index is 12.9. The van der Waals surface area contributed by atoms with E-state index in [0.717, 1.165) is 18.9 Å².